The number of carbonyl (C=O) groups excluding carboxylic acids is 2. The zero-order chi connectivity index (χ0) is 24.9. The van der Waals surface area contributed by atoms with E-state index in [4.69, 9.17) is 32.7 Å². The third kappa shape index (κ3) is 5.63. The van der Waals surface area contributed by atoms with Crippen LogP contribution < -0.4 is 9.47 Å². The summed E-state index contributed by atoms with van der Waals surface area (Å²) in [7, 11) is 1.52. The third-order valence-corrected chi connectivity index (χ3v) is 6.85. The van der Waals surface area contributed by atoms with E-state index in [1.54, 1.807) is 60.7 Å². The zero-order valence-corrected chi connectivity index (χ0v) is 20.8. The first kappa shape index (κ1) is 24.7. The maximum Gasteiger partial charge on any atom is 0.293 e. The van der Waals surface area contributed by atoms with Crippen LogP contribution in [0, 0.1) is 11.3 Å². The number of amides is 2. The van der Waals surface area contributed by atoms with Crippen LogP contribution in [-0.4, -0.2) is 23.2 Å². The van der Waals surface area contributed by atoms with E-state index in [1.807, 2.05) is 6.07 Å². The molecule has 1 fully saturated rings. The molecule has 1 aliphatic heterocycles. The van der Waals surface area contributed by atoms with E-state index in [0.29, 0.717) is 38.2 Å². The van der Waals surface area contributed by atoms with Crippen LogP contribution in [0.5, 0.6) is 11.5 Å². The molecule has 4 rings (SSSR count). The molecule has 176 valence electrons. The van der Waals surface area contributed by atoms with Crippen LogP contribution >= 0.6 is 35.0 Å². The summed E-state index contributed by atoms with van der Waals surface area (Å²) in [4.78, 5) is 26.9. The fraction of sp³-hybridized carbons (Fsp3) is 0.115. The number of carbonyl (C=O) groups is 2. The summed E-state index contributed by atoms with van der Waals surface area (Å²) in [6.07, 6.45) is 1.63. The third-order valence-electron chi connectivity index (χ3n) is 5.20. The molecule has 0 aliphatic carbocycles. The predicted octanol–water partition coefficient (Wildman–Crippen LogP) is 6.69. The Morgan fingerprint density at radius 3 is 2.57 bits per heavy atom. The number of methoxy groups -OCH3 is 1. The monoisotopic (exact) mass is 524 g/mol. The van der Waals surface area contributed by atoms with Gasteiger partial charge in [-0.05, 0) is 64.9 Å². The standard InChI is InChI=1S/C26H18Cl2N2O4S/c1-33-23-11-16(7-9-22(23)34-15-17-6-8-20(27)21(28)10-17)12-24-25(31)30(26(32)35-24)14-19-5-3-2-4-18(19)13-29/h2-12H,14-15H2,1H3/b24-12+. The zero-order valence-electron chi connectivity index (χ0n) is 18.5. The minimum atomic E-state index is -0.411. The first-order valence-electron chi connectivity index (χ1n) is 10.4. The van der Waals surface area contributed by atoms with Gasteiger partial charge in [-0.3, -0.25) is 14.5 Å². The van der Waals surface area contributed by atoms with Crippen molar-refractivity contribution in [2.45, 2.75) is 13.2 Å². The smallest absolute Gasteiger partial charge is 0.293 e. The summed E-state index contributed by atoms with van der Waals surface area (Å²) >= 11 is 12.9. The van der Waals surface area contributed by atoms with Gasteiger partial charge in [0.15, 0.2) is 11.5 Å². The first-order chi connectivity index (χ1) is 16.9. The van der Waals surface area contributed by atoms with Crippen molar-refractivity contribution in [1.29, 1.82) is 5.26 Å². The molecule has 3 aromatic carbocycles. The molecule has 0 bridgehead atoms. The van der Waals surface area contributed by atoms with Crippen LogP contribution in [0.25, 0.3) is 6.08 Å². The van der Waals surface area contributed by atoms with E-state index in [9.17, 15) is 14.9 Å². The van der Waals surface area contributed by atoms with Crippen LogP contribution in [0.1, 0.15) is 22.3 Å². The maximum atomic E-state index is 12.9. The highest BCUT2D eigenvalue weighted by Gasteiger charge is 2.35. The average molecular weight is 525 g/mol. The second kappa shape index (κ2) is 10.9. The first-order valence-corrected chi connectivity index (χ1v) is 11.9. The maximum absolute atomic E-state index is 12.9. The van der Waals surface area contributed by atoms with Gasteiger partial charge < -0.3 is 9.47 Å². The van der Waals surface area contributed by atoms with Crippen molar-refractivity contribution in [1.82, 2.24) is 4.90 Å². The summed E-state index contributed by atoms with van der Waals surface area (Å²) in [5, 5.41) is 9.81. The minimum Gasteiger partial charge on any atom is -0.493 e. The molecule has 0 spiro atoms. The number of thioether (sulfide) groups is 1. The molecule has 9 heteroatoms. The van der Waals surface area contributed by atoms with Crippen LogP contribution in [0.15, 0.2) is 65.6 Å². The Bertz CT molecular complexity index is 1380. The molecule has 0 radical (unpaired) electrons. The molecule has 1 aliphatic rings. The summed E-state index contributed by atoms with van der Waals surface area (Å²) < 4.78 is 11.3. The molecule has 35 heavy (non-hydrogen) atoms. The van der Waals surface area contributed by atoms with Gasteiger partial charge in [-0.15, -0.1) is 0 Å². The topological polar surface area (TPSA) is 79.6 Å². The number of nitrogens with zero attached hydrogens (tertiary/aromatic N) is 2. The number of nitriles is 1. The van der Waals surface area contributed by atoms with Gasteiger partial charge in [0.1, 0.15) is 6.61 Å². The molecular formula is C26H18Cl2N2O4S. The van der Waals surface area contributed by atoms with E-state index in [1.165, 1.54) is 7.11 Å². The van der Waals surface area contributed by atoms with Crippen molar-refractivity contribution >= 4 is 52.2 Å². The molecule has 0 N–H and O–H groups in total. The molecule has 0 unspecified atom stereocenters. The van der Waals surface area contributed by atoms with Crippen LogP contribution in [0.3, 0.4) is 0 Å². The number of hydrogen-bond donors (Lipinski definition) is 0. The van der Waals surface area contributed by atoms with Crippen molar-refractivity contribution in [3.05, 3.63) is 97.9 Å². The summed E-state index contributed by atoms with van der Waals surface area (Å²) in [5.41, 5.74) is 2.56. The molecule has 0 aromatic heterocycles. The normalized spacial score (nSPS) is 14.3. The molecule has 2 amide bonds. The molecule has 1 saturated heterocycles. The molecule has 3 aromatic rings. The average Bonchev–Trinajstić information content (AvgIpc) is 3.12. The van der Waals surface area contributed by atoms with E-state index in [-0.39, 0.29) is 23.3 Å². The Balaban J connectivity index is 1.50. The van der Waals surface area contributed by atoms with Gasteiger partial charge in [-0.1, -0.05) is 53.5 Å². The molecule has 0 atom stereocenters. The lowest BCUT2D eigenvalue weighted by Crippen LogP contribution is -2.27. The summed E-state index contributed by atoms with van der Waals surface area (Å²) in [6.45, 7) is 0.298. The number of rotatable bonds is 7. The van der Waals surface area contributed by atoms with Crippen LogP contribution in [-0.2, 0) is 17.9 Å². The number of ether oxygens (including phenoxy) is 2. The van der Waals surface area contributed by atoms with Gasteiger partial charge in [0.05, 0.1) is 40.2 Å². The van der Waals surface area contributed by atoms with Gasteiger partial charge in [-0.2, -0.15) is 5.26 Å². The Labute approximate surface area is 216 Å². The van der Waals surface area contributed by atoms with Gasteiger partial charge in [0, 0.05) is 0 Å². The van der Waals surface area contributed by atoms with Crippen molar-refractivity contribution in [2.24, 2.45) is 0 Å². The number of benzene rings is 3. The second-order valence-electron chi connectivity index (χ2n) is 7.48. The fourth-order valence-corrected chi connectivity index (χ4v) is 4.57. The van der Waals surface area contributed by atoms with Crippen molar-refractivity contribution in [2.75, 3.05) is 7.11 Å². The molecule has 6 nitrogen and oxygen atoms in total. The van der Waals surface area contributed by atoms with E-state index >= 15 is 0 Å². The molecular weight excluding hydrogens is 507 g/mol. The quantitative estimate of drug-likeness (QED) is 0.320. The van der Waals surface area contributed by atoms with E-state index < -0.39 is 5.91 Å². The van der Waals surface area contributed by atoms with Gasteiger partial charge >= 0.3 is 0 Å². The lowest BCUT2D eigenvalue weighted by atomic mass is 10.1. The van der Waals surface area contributed by atoms with E-state index in [0.717, 1.165) is 22.2 Å². The Hall–Kier alpha value is -3.44. The summed E-state index contributed by atoms with van der Waals surface area (Å²) in [5.74, 6) is 0.574. The fourth-order valence-electron chi connectivity index (χ4n) is 3.41. The largest absolute Gasteiger partial charge is 0.493 e. The number of halogens is 2. The van der Waals surface area contributed by atoms with E-state index in [2.05, 4.69) is 6.07 Å². The Kier molecular flexibility index (Phi) is 7.67. The van der Waals surface area contributed by atoms with Crippen molar-refractivity contribution in [3.8, 4) is 17.6 Å². The van der Waals surface area contributed by atoms with Gasteiger partial charge in [-0.25, -0.2) is 0 Å². The highest BCUT2D eigenvalue weighted by Crippen LogP contribution is 2.36. The van der Waals surface area contributed by atoms with Gasteiger partial charge in [0.25, 0.3) is 11.1 Å². The Morgan fingerprint density at radius 2 is 1.83 bits per heavy atom. The number of hydrogen-bond acceptors (Lipinski definition) is 6. The SMILES string of the molecule is COc1cc(/C=C2/SC(=O)N(Cc3ccccc3C#N)C2=O)ccc1OCc1ccc(Cl)c(Cl)c1. The number of imide groups is 1. The molecule has 0 saturated carbocycles. The van der Waals surface area contributed by atoms with Crippen molar-refractivity contribution in [3.63, 3.8) is 0 Å². The van der Waals surface area contributed by atoms with Gasteiger partial charge in [0.2, 0.25) is 0 Å². The molecule has 1 heterocycles. The minimum absolute atomic E-state index is 0.0382. The van der Waals surface area contributed by atoms with Crippen LogP contribution in [0.2, 0.25) is 10.0 Å². The van der Waals surface area contributed by atoms with Crippen molar-refractivity contribution < 1.29 is 19.1 Å². The highest BCUT2D eigenvalue weighted by atomic mass is 35.5. The summed E-state index contributed by atoms with van der Waals surface area (Å²) in [6, 6.07) is 19.5. The van der Waals surface area contributed by atoms with Crippen LogP contribution in [0.4, 0.5) is 4.79 Å². The second-order valence-corrected chi connectivity index (χ2v) is 9.29. The highest BCUT2D eigenvalue weighted by molar-refractivity contribution is 8.18. The predicted molar refractivity (Wildman–Crippen MR) is 136 cm³/mol. The Morgan fingerprint density at radius 1 is 1.03 bits per heavy atom. The lowest BCUT2D eigenvalue weighted by molar-refractivity contribution is -0.123. The lowest BCUT2D eigenvalue weighted by Gasteiger charge is -2.13.